The molecule has 0 unspecified atom stereocenters. The first kappa shape index (κ1) is 11.9. The van der Waals surface area contributed by atoms with E-state index in [1.165, 1.54) is 6.33 Å². The largest absolute Gasteiger partial charge is 0.489 e. The Labute approximate surface area is 114 Å². The van der Waals surface area contributed by atoms with Gasteiger partial charge in [0.15, 0.2) is 11.5 Å². The summed E-state index contributed by atoms with van der Waals surface area (Å²) >= 11 is 7.87. The molecule has 0 bridgehead atoms. The summed E-state index contributed by atoms with van der Waals surface area (Å²) in [4.78, 5) is 8.16. The van der Waals surface area contributed by atoms with Crippen LogP contribution in [0.25, 0.3) is 10.9 Å². The molecule has 6 heteroatoms. The van der Waals surface area contributed by atoms with E-state index in [0.29, 0.717) is 24.1 Å². The number of aromatic nitrogens is 2. The molecule has 2 aromatic rings. The van der Waals surface area contributed by atoms with Crippen molar-refractivity contribution in [2.24, 2.45) is 0 Å². The topological polar surface area (TPSA) is 44.2 Å². The second-order valence-electron chi connectivity index (χ2n) is 3.79. The maximum atomic E-state index is 6.05. The highest BCUT2D eigenvalue weighted by atomic mass is 35.5. The third-order valence-electron chi connectivity index (χ3n) is 2.62. The average molecular weight is 283 g/mol. The number of thioether (sulfide) groups is 1. The summed E-state index contributed by atoms with van der Waals surface area (Å²) in [7, 11) is 0. The quantitative estimate of drug-likeness (QED) is 0.695. The normalized spacial score (nSPS) is 15.8. The van der Waals surface area contributed by atoms with Crippen LogP contribution < -0.4 is 9.47 Å². The fourth-order valence-corrected chi connectivity index (χ4v) is 2.58. The van der Waals surface area contributed by atoms with E-state index in [1.54, 1.807) is 0 Å². The van der Waals surface area contributed by atoms with Gasteiger partial charge in [-0.25, -0.2) is 9.97 Å². The molecule has 1 aromatic carbocycles. The summed E-state index contributed by atoms with van der Waals surface area (Å²) in [5.41, 5.74) is 0.768. The molecule has 0 amide bonds. The van der Waals surface area contributed by atoms with Gasteiger partial charge in [-0.2, -0.15) is 11.8 Å². The Bertz CT molecular complexity index is 579. The predicted molar refractivity (Wildman–Crippen MR) is 72.9 cm³/mol. The van der Waals surface area contributed by atoms with Crippen LogP contribution in [0.1, 0.15) is 0 Å². The van der Waals surface area contributed by atoms with E-state index in [4.69, 9.17) is 21.1 Å². The number of rotatable bonds is 0. The molecule has 1 aromatic heterocycles. The molecule has 1 aliphatic heterocycles. The van der Waals surface area contributed by atoms with Crippen LogP contribution in [-0.4, -0.2) is 34.7 Å². The van der Waals surface area contributed by atoms with Gasteiger partial charge in [-0.3, -0.25) is 0 Å². The van der Waals surface area contributed by atoms with Crippen LogP contribution in [-0.2, 0) is 0 Å². The van der Waals surface area contributed by atoms with Gasteiger partial charge in [0.1, 0.15) is 11.5 Å². The van der Waals surface area contributed by atoms with Crippen molar-refractivity contribution in [2.45, 2.75) is 0 Å². The molecule has 18 heavy (non-hydrogen) atoms. The van der Waals surface area contributed by atoms with Gasteiger partial charge in [-0.05, 0) is 6.07 Å². The van der Waals surface area contributed by atoms with Crippen molar-refractivity contribution >= 4 is 34.3 Å². The van der Waals surface area contributed by atoms with Crippen molar-refractivity contribution < 1.29 is 9.47 Å². The van der Waals surface area contributed by atoms with Gasteiger partial charge >= 0.3 is 0 Å². The van der Waals surface area contributed by atoms with Crippen molar-refractivity contribution in [2.75, 3.05) is 24.7 Å². The number of fused-ring (bicyclic) bond motifs is 2. The lowest BCUT2D eigenvalue weighted by Crippen LogP contribution is -2.01. The minimum atomic E-state index is 0.431. The lowest BCUT2D eigenvalue weighted by Gasteiger charge is -2.11. The van der Waals surface area contributed by atoms with E-state index in [9.17, 15) is 0 Å². The number of nitrogens with zero attached hydrogens (tertiary/aromatic N) is 2. The van der Waals surface area contributed by atoms with Crippen LogP contribution in [0.2, 0.25) is 5.15 Å². The number of hydrogen-bond donors (Lipinski definition) is 0. The molecule has 94 valence electrons. The van der Waals surface area contributed by atoms with E-state index in [0.717, 1.165) is 28.2 Å². The second kappa shape index (κ2) is 5.20. The fourth-order valence-electron chi connectivity index (χ4n) is 1.78. The van der Waals surface area contributed by atoms with Gasteiger partial charge in [0.25, 0.3) is 0 Å². The zero-order chi connectivity index (χ0) is 12.4. The Kier molecular flexibility index (Phi) is 3.43. The van der Waals surface area contributed by atoms with Gasteiger partial charge < -0.3 is 9.47 Å². The Balaban J connectivity index is 2.10. The van der Waals surface area contributed by atoms with Crippen molar-refractivity contribution in [3.63, 3.8) is 0 Å². The molecular formula is C12H11ClN2O2S. The third kappa shape index (κ3) is 2.33. The maximum Gasteiger partial charge on any atom is 0.163 e. The predicted octanol–water partition coefficient (Wildman–Crippen LogP) is 2.79. The van der Waals surface area contributed by atoms with Gasteiger partial charge in [0, 0.05) is 23.0 Å². The van der Waals surface area contributed by atoms with Gasteiger partial charge in [0.2, 0.25) is 0 Å². The molecule has 0 fully saturated rings. The highest BCUT2D eigenvalue weighted by Gasteiger charge is 2.12. The summed E-state index contributed by atoms with van der Waals surface area (Å²) in [6.07, 6.45) is 1.45. The first-order chi connectivity index (χ1) is 8.84. The number of benzene rings is 1. The maximum absolute atomic E-state index is 6.05. The molecule has 0 aliphatic carbocycles. The van der Waals surface area contributed by atoms with Gasteiger partial charge in [-0.15, -0.1) is 0 Å². The van der Waals surface area contributed by atoms with Gasteiger partial charge in [0.05, 0.1) is 18.7 Å². The average Bonchev–Trinajstić information content (AvgIpc) is 2.49. The first-order valence-corrected chi connectivity index (χ1v) is 7.15. The summed E-state index contributed by atoms with van der Waals surface area (Å²) in [5, 5.41) is 1.22. The standard InChI is InChI=1S/C12H11ClN2O2S/c13-12-8-5-10-11(6-9(8)14-7-15-12)17-2-4-18-3-1-16-10/h5-7H,1-4H2. The van der Waals surface area contributed by atoms with E-state index in [-0.39, 0.29) is 0 Å². The zero-order valence-corrected chi connectivity index (χ0v) is 11.1. The van der Waals surface area contributed by atoms with E-state index in [1.807, 2.05) is 23.9 Å². The summed E-state index contributed by atoms with van der Waals surface area (Å²) in [6.45, 7) is 1.34. The lowest BCUT2D eigenvalue weighted by molar-refractivity contribution is 0.296. The van der Waals surface area contributed by atoms with Crippen LogP contribution >= 0.6 is 23.4 Å². The first-order valence-electron chi connectivity index (χ1n) is 5.62. The van der Waals surface area contributed by atoms with Crippen LogP contribution in [0.4, 0.5) is 0 Å². The number of ether oxygens (including phenoxy) is 2. The summed E-state index contributed by atoms with van der Waals surface area (Å²) in [6, 6.07) is 3.71. The molecule has 0 radical (unpaired) electrons. The Morgan fingerprint density at radius 2 is 1.78 bits per heavy atom. The Morgan fingerprint density at radius 1 is 1.06 bits per heavy atom. The third-order valence-corrected chi connectivity index (χ3v) is 3.83. The molecule has 0 saturated heterocycles. The minimum absolute atomic E-state index is 0.431. The van der Waals surface area contributed by atoms with Crippen molar-refractivity contribution in [3.05, 3.63) is 23.6 Å². The molecular weight excluding hydrogens is 272 g/mol. The van der Waals surface area contributed by atoms with E-state index in [2.05, 4.69) is 9.97 Å². The SMILES string of the molecule is Clc1ncnc2cc3c(cc12)OCCSCCO3. The molecule has 4 nitrogen and oxygen atoms in total. The molecule has 0 saturated carbocycles. The smallest absolute Gasteiger partial charge is 0.163 e. The summed E-state index contributed by atoms with van der Waals surface area (Å²) in [5.74, 6) is 3.35. The highest BCUT2D eigenvalue weighted by molar-refractivity contribution is 7.99. The van der Waals surface area contributed by atoms with Crippen LogP contribution in [0, 0.1) is 0 Å². The number of hydrogen-bond acceptors (Lipinski definition) is 5. The van der Waals surface area contributed by atoms with Gasteiger partial charge in [-0.1, -0.05) is 11.6 Å². The fraction of sp³-hybridized carbons (Fsp3) is 0.333. The summed E-state index contributed by atoms with van der Waals surface area (Å²) < 4.78 is 11.4. The van der Waals surface area contributed by atoms with Crippen molar-refractivity contribution in [1.29, 1.82) is 0 Å². The molecule has 3 rings (SSSR count). The van der Waals surface area contributed by atoms with E-state index < -0.39 is 0 Å². The van der Waals surface area contributed by atoms with E-state index >= 15 is 0 Å². The molecule has 0 atom stereocenters. The highest BCUT2D eigenvalue weighted by Crippen LogP contribution is 2.34. The monoisotopic (exact) mass is 282 g/mol. The zero-order valence-electron chi connectivity index (χ0n) is 9.56. The Morgan fingerprint density at radius 3 is 2.56 bits per heavy atom. The molecule has 0 N–H and O–H groups in total. The van der Waals surface area contributed by atoms with Crippen LogP contribution in [0.5, 0.6) is 11.5 Å². The lowest BCUT2D eigenvalue weighted by atomic mass is 10.2. The second-order valence-corrected chi connectivity index (χ2v) is 5.37. The molecule has 1 aliphatic rings. The molecule has 2 heterocycles. The minimum Gasteiger partial charge on any atom is -0.489 e. The van der Waals surface area contributed by atoms with Crippen LogP contribution in [0.3, 0.4) is 0 Å². The van der Waals surface area contributed by atoms with Crippen molar-refractivity contribution in [3.8, 4) is 11.5 Å². The molecule has 0 spiro atoms. The Hall–Kier alpha value is -1.20. The van der Waals surface area contributed by atoms with Crippen LogP contribution in [0.15, 0.2) is 18.5 Å². The number of halogens is 1. The van der Waals surface area contributed by atoms with Crippen molar-refractivity contribution in [1.82, 2.24) is 9.97 Å².